The summed E-state index contributed by atoms with van der Waals surface area (Å²) >= 11 is 0. The highest BCUT2D eigenvalue weighted by atomic mass is 16.2. The first-order valence-electron chi connectivity index (χ1n) is 7.13. The average Bonchev–Trinajstić information content (AvgIpc) is 2.48. The van der Waals surface area contributed by atoms with Crippen molar-refractivity contribution in [1.29, 1.82) is 0 Å². The zero-order chi connectivity index (χ0) is 13.6. The summed E-state index contributed by atoms with van der Waals surface area (Å²) in [6, 6.07) is 4.05. The molecule has 0 aliphatic carbocycles. The molecule has 1 aliphatic heterocycles. The lowest BCUT2D eigenvalue weighted by molar-refractivity contribution is -0.128. The second-order valence-electron chi connectivity index (χ2n) is 5.26. The van der Waals surface area contributed by atoms with Crippen molar-refractivity contribution in [3.63, 3.8) is 0 Å². The van der Waals surface area contributed by atoms with E-state index in [1.165, 1.54) is 12.0 Å². The predicted molar refractivity (Wildman–Crippen MR) is 75.8 cm³/mol. The molecule has 1 unspecified atom stereocenters. The molecule has 1 atom stereocenters. The van der Waals surface area contributed by atoms with Gasteiger partial charge in [0.05, 0.1) is 5.54 Å². The molecule has 2 N–H and O–H groups in total. The van der Waals surface area contributed by atoms with Crippen LogP contribution in [0.15, 0.2) is 24.5 Å². The van der Waals surface area contributed by atoms with Crippen LogP contribution in [0.25, 0.3) is 0 Å². The number of hydrogen-bond acceptors (Lipinski definition) is 3. The van der Waals surface area contributed by atoms with E-state index in [2.05, 4.69) is 21.7 Å². The third kappa shape index (κ3) is 3.53. The van der Waals surface area contributed by atoms with Crippen molar-refractivity contribution in [2.75, 3.05) is 13.6 Å². The molecule has 0 bridgehead atoms. The summed E-state index contributed by atoms with van der Waals surface area (Å²) in [5.41, 5.74) is 0.889. The quantitative estimate of drug-likeness (QED) is 0.847. The molecule has 4 heteroatoms. The Morgan fingerprint density at radius 3 is 3.05 bits per heavy atom. The molecule has 1 amide bonds. The molecule has 104 valence electrons. The zero-order valence-electron chi connectivity index (χ0n) is 11.6. The molecule has 1 saturated heterocycles. The molecule has 1 aromatic heterocycles. The van der Waals surface area contributed by atoms with Crippen LogP contribution in [0.3, 0.4) is 0 Å². The van der Waals surface area contributed by atoms with E-state index >= 15 is 0 Å². The van der Waals surface area contributed by atoms with Gasteiger partial charge in [-0.1, -0.05) is 6.07 Å². The minimum Gasteiger partial charge on any atom is -0.358 e. The van der Waals surface area contributed by atoms with Crippen molar-refractivity contribution in [3.8, 4) is 0 Å². The van der Waals surface area contributed by atoms with Crippen LogP contribution in [0.2, 0.25) is 0 Å². The first kappa shape index (κ1) is 14.0. The van der Waals surface area contributed by atoms with Gasteiger partial charge >= 0.3 is 0 Å². The Kier molecular flexibility index (Phi) is 4.91. The summed E-state index contributed by atoms with van der Waals surface area (Å²) in [5.74, 6) is 0.137. The Morgan fingerprint density at radius 1 is 1.53 bits per heavy atom. The summed E-state index contributed by atoms with van der Waals surface area (Å²) in [6.07, 6.45) is 9.81. The van der Waals surface area contributed by atoms with Gasteiger partial charge in [0.2, 0.25) is 5.91 Å². The van der Waals surface area contributed by atoms with Gasteiger partial charge in [-0.05, 0) is 56.7 Å². The second-order valence-corrected chi connectivity index (χ2v) is 5.26. The minimum atomic E-state index is -0.352. The van der Waals surface area contributed by atoms with Gasteiger partial charge < -0.3 is 10.6 Å². The molecular weight excluding hydrogens is 238 g/mol. The van der Waals surface area contributed by atoms with Crippen LogP contribution >= 0.6 is 0 Å². The third-order valence-corrected chi connectivity index (χ3v) is 3.95. The highest BCUT2D eigenvalue weighted by Crippen LogP contribution is 2.25. The van der Waals surface area contributed by atoms with Gasteiger partial charge in [-0.25, -0.2) is 0 Å². The van der Waals surface area contributed by atoms with Crippen LogP contribution in [0, 0.1) is 0 Å². The number of likely N-dealkylation sites (N-methyl/N-ethyl adjacent to an activating group) is 1. The van der Waals surface area contributed by atoms with E-state index in [1.807, 2.05) is 12.3 Å². The molecular formula is C15H23N3O. The molecule has 4 nitrogen and oxygen atoms in total. The first-order valence-corrected chi connectivity index (χ1v) is 7.13. The van der Waals surface area contributed by atoms with Crippen LogP contribution in [0.1, 0.15) is 37.7 Å². The Morgan fingerprint density at radius 2 is 2.42 bits per heavy atom. The summed E-state index contributed by atoms with van der Waals surface area (Å²) < 4.78 is 0. The largest absolute Gasteiger partial charge is 0.358 e. The predicted octanol–water partition coefficient (Wildman–Crippen LogP) is 1.66. The van der Waals surface area contributed by atoms with Crippen LogP contribution in [-0.4, -0.2) is 30.0 Å². The molecule has 2 heterocycles. The Labute approximate surface area is 115 Å². The third-order valence-electron chi connectivity index (χ3n) is 3.95. The SMILES string of the molecule is CNC(=O)C1(CCCc2cccnc2)CCCCN1. The van der Waals surface area contributed by atoms with Crippen LogP contribution in [0.4, 0.5) is 0 Å². The standard InChI is InChI=1S/C15H23N3O/c1-16-14(19)15(8-2-3-11-18-15)9-4-6-13-7-5-10-17-12-13/h5,7,10,12,18H,2-4,6,8-9,11H2,1H3,(H,16,19). The van der Waals surface area contributed by atoms with Crippen molar-refractivity contribution in [2.24, 2.45) is 0 Å². The Bertz CT molecular complexity index is 399. The normalized spacial score (nSPS) is 23.0. The molecule has 1 aliphatic rings. The van der Waals surface area contributed by atoms with Crippen LogP contribution in [-0.2, 0) is 11.2 Å². The number of carbonyl (C=O) groups excluding carboxylic acids is 1. The van der Waals surface area contributed by atoms with E-state index in [0.717, 1.165) is 38.6 Å². The van der Waals surface area contributed by atoms with E-state index in [4.69, 9.17) is 0 Å². The van der Waals surface area contributed by atoms with Gasteiger partial charge in [-0.3, -0.25) is 9.78 Å². The summed E-state index contributed by atoms with van der Waals surface area (Å²) in [5, 5.41) is 6.25. The monoisotopic (exact) mass is 261 g/mol. The molecule has 19 heavy (non-hydrogen) atoms. The number of nitrogens with zero attached hydrogens (tertiary/aromatic N) is 1. The lowest BCUT2D eigenvalue weighted by Gasteiger charge is -2.36. The maximum atomic E-state index is 12.1. The molecule has 1 aromatic rings. The maximum Gasteiger partial charge on any atom is 0.240 e. The number of aromatic nitrogens is 1. The van der Waals surface area contributed by atoms with Crippen LogP contribution < -0.4 is 10.6 Å². The second kappa shape index (κ2) is 6.66. The molecule has 0 aromatic carbocycles. The summed E-state index contributed by atoms with van der Waals surface area (Å²) in [4.78, 5) is 16.3. The van der Waals surface area contributed by atoms with E-state index in [-0.39, 0.29) is 11.4 Å². The lowest BCUT2D eigenvalue weighted by atomic mass is 9.83. The molecule has 0 spiro atoms. The average molecular weight is 261 g/mol. The summed E-state index contributed by atoms with van der Waals surface area (Å²) in [6.45, 7) is 0.945. The van der Waals surface area contributed by atoms with Crippen molar-refractivity contribution in [1.82, 2.24) is 15.6 Å². The topological polar surface area (TPSA) is 54.0 Å². The zero-order valence-corrected chi connectivity index (χ0v) is 11.6. The number of pyridine rings is 1. The highest BCUT2D eigenvalue weighted by molar-refractivity contribution is 5.86. The van der Waals surface area contributed by atoms with Crippen molar-refractivity contribution in [2.45, 2.75) is 44.1 Å². The fourth-order valence-electron chi connectivity index (χ4n) is 2.87. The van der Waals surface area contributed by atoms with E-state index in [0.29, 0.717) is 0 Å². The van der Waals surface area contributed by atoms with Gasteiger partial charge in [0.1, 0.15) is 0 Å². The van der Waals surface area contributed by atoms with Crippen LogP contribution in [0.5, 0.6) is 0 Å². The number of carbonyl (C=O) groups is 1. The fourth-order valence-corrected chi connectivity index (χ4v) is 2.87. The first-order chi connectivity index (χ1) is 9.27. The number of hydrogen-bond donors (Lipinski definition) is 2. The van der Waals surface area contributed by atoms with Gasteiger partial charge in [0.25, 0.3) is 0 Å². The summed E-state index contributed by atoms with van der Waals surface area (Å²) in [7, 11) is 1.72. The number of amides is 1. The van der Waals surface area contributed by atoms with Crippen molar-refractivity contribution < 1.29 is 4.79 Å². The van der Waals surface area contributed by atoms with Crippen molar-refractivity contribution >= 4 is 5.91 Å². The van der Waals surface area contributed by atoms with Gasteiger partial charge in [0.15, 0.2) is 0 Å². The number of aryl methyl sites for hydroxylation is 1. The number of piperidine rings is 1. The van der Waals surface area contributed by atoms with Crippen molar-refractivity contribution in [3.05, 3.63) is 30.1 Å². The highest BCUT2D eigenvalue weighted by Gasteiger charge is 2.37. The minimum absolute atomic E-state index is 0.137. The Hall–Kier alpha value is -1.42. The van der Waals surface area contributed by atoms with E-state index in [9.17, 15) is 4.79 Å². The van der Waals surface area contributed by atoms with Gasteiger partial charge in [0, 0.05) is 19.4 Å². The smallest absolute Gasteiger partial charge is 0.240 e. The molecule has 1 fully saturated rings. The van der Waals surface area contributed by atoms with E-state index < -0.39 is 0 Å². The Balaban J connectivity index is 1.91. The maximum absolute atomic E-state index is 12.1. The molecule has 2 rings (SSSR count). The fraction of sp³-hybridized carbons (Fsp3) is 0.600. The number of rotatable bonds is 5. The van der Waals surface area contributed by atoms with Gasteiger partial charge in [-0.2, -0.15) is 0 Å². The van der Waals surface area contributed by atoms with E-state index in [1.54, 1.807) is 13.2 Å². The van der Waals surface area contributed by atoms with Gasteiger partial charge in [-0.15, -0.1) is 0 Å². The molecule has 0 radical (unpaired) electrons. The number of nitrogens with one attached hydrogen (secondary N) is 2. The molecule has 0 saturated carbocycles. The lowest BCUT2D eigenvalue weighted by Crippen LogP contribution is -2.58.